The van der Waals surface area contributed by atoms with E-state index in [-0.39, 0.29) is 12.0 Å². The fourth-order valence-electron chi connectivity index (χ4n) is 2.10. The average molecular weight is 275 g/mol. The first-order valence-corrected chi connectivity index (χ1v) is 6.70. The van der Waals surface area contributed by atoms with Crippen molar-refractivity contribution in [2.24, 2.45) is 5.73 Å². The maximum absolute atomic E-state index is 5.84. The van der Waals surface area contributed by atoms with Gasteiger partial charge in [-0.2, -0.15) is 4.98 Å². The lowest BCUT2D eigenvalue weighted by molar-refractivity contribution is 0.0832. The van der Waals surface area contributed by atoms with Gasteiger partial charge in [0.1, 0.15) is 6.61 Å². The summed E-state index contributed by atoms with van der Waals surface area (Å²) in [4.78, 5) is 4.39. The fourth-order valence-corrected chi connectivity index (χ4v) is 2.10. The Kier molecular flexibility index (Phi) is 3.56. The van der Waals surface area contributed by atoms with Gasteiger partial charge in [0.15, 0.2) is 17.6 Å². The molecule has 0 radical (unpaired) electrons. The zero-order valence-corrected chi connectivity index (χ0v) is 11.3. The zero-order chi connectivity index (χ0) is 13.9. The van der Waals surface area contributed by atoms with Crippen LogP contribution in [0.3, 0.4) is 0 Å². The van der Waals surface area contributed by atoms with Gasteiger partial charge in [-0.3, -0.25) is 0 Å². The highest BCUT2D eigenvalue weighted by Gasteiger charge is 2.27. The van der Waals surface area contributed by atoms with Gasteiger partial charge in [0, 0.05) is 5.92 Å². The maximum Gasteiger partial charge on any atom is 0.229 e. The zero-order valence-electron chi connectivity index (χ0n) is 11.3. The van der Waals surface area contributed by atoms with Crippen LogP contribution in [0.5, 0.6) is 11.5 Å². The number of nitrogens with zero attached hydrogens (tertiary/aromatic N) is 2. The van der Waals surface area contributed by atoms with Gasteiger partial charge in [-0.1, -0.05) is 24.2 Å². The lowest BCUT2D eigenvalue weighted by atomic mass is 10.1. The highest BCUT2D eigenvalue weighted by Crippen LogP contribution is 2.35. The minimum Gasteiger partial charge on any atom is -0.485 e. The molecule has 0 amide bonds. The molecule has 2 unspecified atom stereocenters. The van der Waals surface area contributed by atoms with Crippen LogP contribution in [-0.4, -0.2) is 23.3 Å². The van der Waals surface area contributed by atoms with E-state index in [2.05, 4.69) is 10.1 Å². The van der Waals surface area contributed by atoms with Gasteiger partial charge >= 0.3 is 0 Å². The molecule has 2 heterocycles. The number of rotatable bonds is 4. The predicted octanol–water partition coefficient (Wildman–Crippen LogP) is 2.03. The summed E-state index contributed by atoms with van der Waals surface area (Å²) in [6.07, 6.45) is 0.472. The van der Waals surface area contributed by atoms with E-state index in [4.69, 9.17) is 19.7 Å². The van der Waals surface area contributed by atoms with Crippen LogP contribution in [0.2, 0.25) is 0 Å². The van der Waals surface area contributed by atoms with Crippen LogP contribution >= 0.6 is 0 Å². The van der Waals surface area contributed by atoms with Crippen molar-refractivity contribution in [3.63, 3.8) is 0 Å². The Morgan fingerprint density at radius 2 is 2.15 bits per heavy atom. The van der Waals surface area contributed by atoms with E-state index in [9.17, 15) is 0 Å². The normalized spacial score (nSPS) is 18.8. The molecule has 106 valence electrons. The number of aromatic nitrogens is 2. The molecule has 2 atom stereocenters. The van der Waals surface area contributed by atoms with Crippen LogP contribution in [0.25, 0.3) is 0 Å². The third-order valence-corrected chi connectivity index (χ3v) is 3.28. The Labute approximate surface area is 116 Å². The SMILES string of the molecule is CC(CCN)c1nc(C2COc3ccccc3O2)no1. The summed E-state index contributed by atoms with van der Waals surface area (Å²) in [5.41, 5.74) is 5.53. The molecule has 1 aromatic heterocycles. The summed E-state index contributed by atoms with van der Waals surface area (Å²) in [6.45, 7) is 2.98. The first-order chi connectivity index (χ1) is 9.78. The smallest absolute Gasteiger partial charge is 0.229 e. The molecular formula is C14H17N3O3. The molecule has 0 saturated carbocycles. The molecular weight excluding hydrogens is 258 g/mol. The number of ether oxygens (including phenoxy) is 2. The molecule has 0 spiro atoms. The van der Waals surface area contributed by atoms with E-state index in [1.165, 1.54) is 0 Å². The summed E-state index contributed by atoms with van der Waals surface area (Å²) in [5.74, 6) is 2.69. The lowest BCUT2D eigenvalue weighted by Crippen LogP contribution is -2.22. The monoisotopic (exact) mass is 275 g/mol. The highest BCUT2D eigenvalue weighted by atomic mass is 16.6. The third-order valence-electron chi connectivity index (χ3n) is 3.28. The Morgan fingerprint density at radius 3 is 2.95 bits per heavy atom. The highest BCUT2D eigenvalue weighted by molar-refractivity contribution is 5.40. The summed E-state index contributed by atoms with van der Waals surface area (Å²) in [5, 5.41) is 3.98. The number of hydrogen-bond donors (Lipinski definition) is 1. The molecule has 2 N–H and O–H groups in total. The maximum atomic E-state index is 5.84. The molecule has 2 aromatic rings. The lowest BCUT2D eigenvalue weighted by Gasteiger charge is -2.24. The topological polar surface area (TPSA) is 83.4 Å². The predicted molar refractivity (Wildman–Crippen MR) is 71.7 cm³/mol. The van der Waals surface area contributed by atoms with Crippen LogP contribution < -0.4 is 15.2 Å². The summed E-state index contributed by atoms with van der Waals surface area (Å²) >= 11 is 0. The number of nitrogens with two attached hydrogens (primary N) is 1. The van der Waals surface area contributed by atoms with Crippen LogP contribution in [0.4, 0.5) is 0 Å². The van der Waals surface area contributed by atoms with Gasteiger partial charge < -0.3 is 19.7 Å². The molecule has 0 saturated heterocycles. The first kappa shape index (κ1) is 12.9. The van der Waals surface area contributed by atoms with Gasteiger partial charge in [-0.05, 0) is 25.1 Å². The summed E-state index contributed by atoms with van der Waals surface area (Å²) < 4.78 is 16.7. The molecule has 0 fully saturated rings. The largest absolute Gasteiger partial charge is 0.485 e. The van der Waals surface area contributed by atoms with Crippen molar-refractivity contribution >= 4 is 0 Å². The van der Waals surface area contributed by atoms with Gasteiger partial charge in [0.25, 0.3) is 0 Å². The Balaban J connectivity index is 1.75. The average Bonchev–Trinajstić information content (AvgIpc) is 2.97. The minimum atomic E-state index is -0.340. The van der Waals surface area contributed by atoms with Crippen molar-refractivity contribution in [2.75, 3.05) is 13.2 Å². The Bertz CT molecular complexity index is 585. The van der Waals surface area contributed by atoms with Crippen molar-refractivity contribution in [3.8, 4) is 11.5 Å². The molecule has 20 heavy (non-hydrogen) atoms. The third kappa shape index (κ3) is 2.46. The molecule has 1 aliphatic rings. The first-order valence-electron chi connectivity index (χ1n) is 6.70. The molecule has 1 aromatic carbocycles. The van der Waals surface area contributed by atoms with E-state index in [0.29, 0.717) is 30.6 Å². The number of para-hydroxylation sites is 2. The molecule has 0 aliphatic carbocycles. The molecule has 3 rings (SSSR count). The second-order valence-corrected chi connectivity index (χ2v) is 4.83. The van der Waals surface area contributed by atoms with E-state index in [0.717, 1.165) is 12.2 Å². The van der Waals surface area contributed by atoms with Gasteiger partial charge in [-0.15, -0.1) is 0 Å². The molecule has 1 aliphatic heterocycles. The van der Waals surface area contributed by atoms with Gasteiger partial charge in [-0.25, -0.2) is 0 Å². The second kappa shape index (κ2) is 5.50. The van der Waals surface area contributed by atoms with Crippen molar-refractivity contribution < 1.29 is 14.0 Å². The number of benzene rings is 1. The van der Waals surface area contributed by atoms with E-state index in [1.54, 1.807) is 0 Å². The van der Waals surface area contributed by atoms with Crippen LogP contribution in [0.1, 0.15) is 37.1 Å². The van der Waals surface area contributed by atoms with Gasteiger partial charge in [0.2, 0.25) is 11.7 Å². The van der Waals surface area contributed by atoms with E-state index >= 15 is 0 Å². The molecule has 6 nitrogen and oxygen atoms in total. The van der Waals surface area contributed by atoms with Crippen molar-refractivity contribution in [1.29, 1.82) is 0 Å². The summed E-state index contributed by atoms with van der Waals surface area (Å²) in [6, 6.07) is 7.54. The summed E-state index contributed by atoms with van der Waals surface area (Å²) in [7, 11) is 0. The van der Waals surface area contributed by atoms with Crippen molar-refractivity contribution in [2.45, 2.75) is 25.4 Å². The molecule has 0 bridgehead atoms. The van der Waals surface area contributed by atoms with Crippen molar-refractivity contribution in [3.05, 3.63) is 36.0 Å². The number of fused-ring (bicyclic) bond motifs is 1. The quantitative estimate of drug-likeness (QED) is 0.919. The van der Waals surface area contributed by atoms with E-state index in [1.807, 2.05) is 31.2 Å². The minimum absolute atomic E-state index is 0.151. The standard InChI is InChI=1S/C14H17N3O3/c1-9(6-7-15)14-16-13(17-20-14)12-8-18-10-4-2-3-5-11(10)19-12/h2-5,9,12H,6-8,15H2,1H3. The van der Waals surface area contributed by atoms with Gasteiger partial charge in [0.05, 0.1) is 0 Å². The second-order valence-electron chi connectivity index (χ2n) is 4.83. The van der Waals surface area contributed by atoms with Crippen LogP contribution in [0, 0.1) is 0 Å². The Hall–Kier alpha value is -2.08. The van der Waals surface area contributed by atoms with Crippen molar-refractivity contribution in [1.82, 2.24) is 10.1 Å². The van der Waals surface area contributed by atoms with E-state index < -0.39 is 0 Å². The molecule has 6 heteroatoms. The van der Waals surface area contributed by atoms with Crippen LogP contribution in [-0.2, 0) is 0 Å². The fraction of sp³-hybridized carbons (Fsp3) is 0.429. The Morgan fingerprint density at radius 1 is 1.35 bits per heavy atom. The van der Waals surface area contributed by atoms with Crippen LogP contribution in [0.15, 0.2) is 28.8 Å². The number of hydrogen-bond acceptors (Lipinski definition) is 6.